The summed E-state index contributed by atoms with van der Waals surface area (Å²) in [6.45, 7) is 4.93. The van der Waals surface area contributed by atoms with Crippen molar-refractivity contribution in [3.05, 3.63) is 36.0 Å². The van der Waals surface area contributed by atoms with E-state index in [9.17, 15) is 4.79 Å². The minimum atomic E-state index is 0.392. The maximum Gasteiger partial charge on any atom is 0.213 e. The molecule has 0 spiro atoms. The van der Waals surface area contributed by atoms with Crippen LogP contribution in [-0.2, 0) is 0 Å². The molecule has 2 aromatic rings. The second-order valence-electron chi connectivity index (χ2n) is 7.16. The van der Waals surface area contributed by atoms with E-state index in [0.29, 0.717) is 41.7 Å². The average Bonchev–Trinajstić information content (AvgIpc) is 3.16. The molecule has 0 N–H and O–H groups in total. The van der Waals surface area contributed by atoms with Crippen molar-refractivity contribution in [2.24, 2.45) is 5.92 Å². The maximum atomic E-state index is 11.3. The first-order valence-corrected chi connectivity index (χ1v) is 9.27. The summed E-state index contributed by atoms with van der Waals surface area (Å²) in [7, 11) is 1.53. The first-order chi connectivity index (χ1) is 12.6. The molecule has 1 saturated carbocycles. The third kappa shape index (κ3) is 3.89. The van der Waals surface area contributed by atoms with Crippen LogP contribution in [0.3, 0.4) is 0 Å². The smallest absolute Gasteiger partial charge is 0.213 e. The fourth-order valence-corrected chi connectivity index (χ4v) is 3.79. The number of carbonyl (C=O) groups excluding carboxylic acids is 1. The van der Waals surface area contributed by atoms with Crippen molar-refractivity contribution in [1.29, 1.82) is 0 Å². The number of hydrogen-bond acceptors (Lipinski definition) is 5. The Morgan fingerprint density at radius 2 is 2.12 bits per heavy atom. The molecule has 6 heteroatoms. The molecular weight excluding hydrogens is 330 g/mol. The highest BCUT2D eigenvalue weighted by atomic mass is 16.5. The predicted octanol–water partition coefficient (Wildman–Crippen LogP) is 4.03. The molecule has 6 nitrogen and oxygen atoms in total. The average molecular weight is 357 g/mol. The monoisotopic (exact) mass is 357 g/mol. The van der Waals surface area contributed by atoms with Gasteiger partial charge in [-0.25, -0.2) is 9.97 Å². The van der Waals surface area contributed by atoms with Gasteiger partial charge in [-0.15, -0.1) is 0 Å². The minimum absolute atomic E-state index is 0.392. The number of rotatable bonds is 7. The molecule has 2 heterocycles. The molecule has 1 aliphatic rings. The Hall–Kier alpha value is -2.37. The number of nitrogens with zero attached hydrogens (tertiary/aromatic N) is 3. The van der Waals surface area contributed by atoms with Crippen molar-refractivity contribution >= 4 is 6.29 Å². The lowest BCUT2D eigenvalue weighted by Gasteiger charge is -2.32. The van der Waals surface area contributed by atoms with Crippen LogP contribution in [-0.4, -0.2) is 34.5 Å². The number of ether oxygens (including phenoxy) is 2. The fraction of sp³-hybridized carbons (Fsp3) is 0.550. The van der Waals surface area contributed by atoms with E-state index >= 15 is 0 Å². The SMILES string of the molecule is COc1cc(C=O)c(OCC2CCCCC2c2cncn2C(C)C)cn1. The Bertz CT molecular complexity index is 742. The summed E-state index contributed by atoms with van der Waals surface area (Å²) < 4.78 is 13.3. The molecule has 2 aromatic heterocycles. The van der Waals surface area contributed by atoms with Gasteiger partial charge in [0.2, 0.25) is 5.88 Å². The van der Waals surface area contributed by atoms with Crippen molar-refractivity contribution in [2.75, 3.05) is 13.7 Å². The van der Waals surface area contributed by atoms with Crippen LogP contribution in [0.25, 0.3) is 0 Å². The van der Waals surface area contributed by atoms with Gasteiger partial charge in [-0.2, -0.15) is 0 Å². The number of hydrogen-bond donors (Lipinski definition) is 0. The van der Waals surface area contributed by atoms with Crippen molar-refractivity contribution < 1.29 is 14.3 Å². The van der Waals surface area contributed by atoms with Gasteiger partial charge in [0.1, 0.15) is 5.75 Å². The van der Waals surface area contributed by atoms with Crippen LogP contribution in [0.5, 0.6) is 11.6 Å². The molecule has 26 heavy (non-hydrogen) atoms. The van der Waals surface area contributed by atoms with Gasteiger partial charge in [0.15, 0.2) is 6.29 Å². The van der Waals surface area contributed by atoms with Crippen LogP contribution in [0.4, 0.5) is 0 Å². The van der Waals surface area contributed by atoms with E-state index in [1.165, 1.54) is 25.6 Å². The van der Waals surface area contributed by atoms with Gasteiger partial charge in [-0.05, 0) is 26.7 Å². The summed E-state index contributed by atoms with van der Waals surface area (Å²) >= 11 is 0. The lowest BCUT2D eigenvalue weighted by atomic mass is 9.78. The quantitative estimate of drug-likeness (QED) is 0.700. The van der Waals surface area contributed by atoms with Crippen molar-refractivity contribution in [3.63, 3.8) is 0 Å². The third-order valence-electron chi connectivity index (χ3n) is 5.20. The van der Waals surface area contributed by atoms with Gasteiger partial charge in [0, 0.05) is 35.8 Å². The number of pyridine rings is 1. The van der Waals surface area contributed by atoms with Gasteiger partial charge >= 0.3 is 0 Å². The fourth-order valence-electron chi connectivity index (χ4n) is 3.79. The number of methoxy groups -OCH3 is 1. The van der Waals surface area contributed by atoms with E-state index in [1.807, 2.05) is 12.5 Å². The van der Waals surface area contributed by atoms with Crippen molar-refractivity contribution in [1.82, 2.24) is 14.5 Å². The second-order valence-corrected chi connectivity index (χ2v) is 7.16. The molecule has 0 amide bonds. The molecule has 0 aromatic carbocycles. The summed E-state index contributed by atoms with van der Waals surface area (Å²) in [5.41, 5.74) is 1.76. The molecule has 0 saturated heterocycles. The number of carbonyl (C=O) groups is 1. The molecule has 2 atom stereocenters. The topological polar surface area (TPSA) is 66.2 Å². The van der Waals surface area contributed by atoms with E-state index in [0.717, 1.165) is 19.1 Å². The Kier molecular flexibility index (Phi) is 5.91. The predicted molar refractivity (Wildman–Crippen MR) is 99.0 cm³/mol. The Balaban J connectivity index is 1.75. The molecule has 2 unspecified atom stereocenters. The van der Waals surface area contributed by atoms with E-state index in [1.54, 1.807) is 12.3 Å². The summed E-state index contributed by atoms with van der Waals surface area (Å²) in [6.07, 6.45) is 11.0. The highest BCUT2D eigenvalue weighted by Crippen LogP contribution is 2.39. The number of aldehydes is 1. The first-order valence-electron chi connectivity index (χ1n) is 9.27. The van der Waals surface area contributed by atoms with Crippen LogP contribution in [0, 0.1) is 5.92 Å². The highest BCUT2D eigenvalue weighted by molar-refractivity contribution is 5.79. The number of imidazole rings is 1. The van der Waals surface area contributed by atoms with Gasteiger partial charge in [-0.1, -0.05) is 12.8 Å². The van der Waals surface area contributed by atoms with E-state index in [-0.39, 0.29) is 0 Å². The molecule has 0 radical (unpaired) electrons. The summed E-state index contributed by atoms with van der Waals surface area (Å²) in [5, 5.41) is 0. The standard InChI is InChI=1S/C20H27N3O3/c1-14(2)23-13-21-9-18(23)17-7-5-4-6-15(17)12-26-19-10-22-20(25-3)8-16(19)11-24/h8-11,13-15,17H,4-7,12H2,1-3H3. The van der Waals surface area contributed by atoms with Crippen LogP contribution < -0.4 is 9.47 Å². The summed E-state index contributed by atoms with van der Waals surface area (Å²) in [4.78, 5) is 19.9. The van der Waals surface area contributed by atoms with E-state index in [2.05, 4.69) is 28.4 Å². The van der Waals surface area contributed by atoms with Gasteiger partial charge < -0.3 is 14.0 Å². The molecule has 1 aliphatic carbocycles. The minimum Gasteiger partial charge on any atom is -0.491 e. The first kappa shape index (κ1) is 18.4. The van der Waals surface area contributed by atoms with Crippen molar-refractivity contribution in [2.45, 2.75) is 51.5 Å². The molecule has 1 fully saturated rings. The second kappa shape index (κ2) is 8.34. The molecule has 0 bridgehead atoms. The lowest BCUT2D eigenvalue weighted by Crippen LogP contribution is -2.26. The summed E-state index contributed by atoms with van der Waals surface area (Å²) in [6, 6.07) is 2.00. The zero-order chi connectivity index (χ0) is 18.5. The van der Waals surface area contributed by atoms with Crippen LogP contribution in [0.15, 0.2) is 24.8 Å². The summed E-state index contributed by atoms with van der Waals surface area (Å²) in [5.74, 6) is 1.76. The lowest BCUT2D eigenvalue weighted by molar-refractivity contribution is 0.111. The highest BCUT2D eigenvalue weighted by Gasteiger charge is 2.30. The molecular formula is C20H27N3O3. The normalized spacial score (nSPS) is 20.2. The van der Waals surface area contributed by atoms with Crippen LogP contribution in [0.2, 0.25) is 0 Å². The maximum absolute atomic E-state index is 11.3. The zero-order valence-corrected chi connectivity index (χ0v) is 15.7. The Morgan fingerprint density at radius 1 is 1.31 bits per heavy atom. The van der Waals surface area contributed by atoms with E-state index in [4.69, 9.17) is 9.47 Å². The van der Waals surface area contributed by atoms with E-state index < -0.39 is 0 Å². The molecule has 3 rings (SSSR count). The third-order valence-corrected chi connectivity index (χ3v) is 5.20. The van der Waals surface area contributed by atoms with Crippen molar-refractivity contribution in [3.8, 4) is 11.6 Å². The molecule has 0 aliphatic heterocycles. The Labute approximate surface area is 154 Å². The van der Waals surface area contributed by atoms with Gasteiger partial charge in [0.25, 0.3) is 0 Å². The van der Waals surface area contributed by atoms with Crippen LogP contribution >= 0.6 is 0 Å². The number of aromatic nitrogens is 3. The Morgan fingerprint density at radius 3 is 2.85 bits per heavy atom. The molecule has 140 valence electrons. The van der Waals surface area contributed by atoms with Gasteiger partial charge in [0.05, 0.1) is 31.8 Å². The van der Waals surface area contributed by atoms with Crippen LogP contribution in [0.1, 0.15) is 67.5 Å². The van der Waals surface area contributed by atoms with Gasteiger partial charge in [-0.3, -0.25) is 4.79 Å². The largest absolute Gasteiger partial charge is 0.491 e. The zero-order valence-electron chi connectivity index (χ0n) is 15.7.